The van der Waals surface area contributed by atoms with Gasteiger partial charge in [-0.2, -0.15) is 5.10 Å². The van der Waals surface area contributed by atoms with Crippen LogP contribution in [0.2, 0.25) is 0 Å². The number of anilines is 1. The van der Waals surface area contributed by atoms with E-state index in [4.69, 9.17) is 15.3 Å². The number of hydrogen-bond acceptors (Lipinski definition) is 7. The molecule has 1 aliphatic heterocycles. The van der Waals surface area contributed by atoms with Gasteiger partial charge in [-0.05, 0) is 35.4 Å². The first-order valence-electron chi connectivity index (χ1n) is 9.48. The third-order valence-corrected chi connectivity index (χ3v) is 4.51. The van der Waals surface area contributed by atoms with Gasteiger partial charge < -0.3 is 31.1 Å². The van der Waals surface area contributed by atoms with Crippen molar-refractivity contribution in [2.75, 3.05) is 12.1 Å². The maximum atomic E-state index is 12.2. The number of carbonyl (C=O) groups is 3. The summed E-state index contributed by atoms with van der Waals surface area (Å²) in [5.41, 5.74) is 2.02. The molecule has 2 aromatic rings. The summed E-state index contributed by atoms with van der Waals surface area (Å²) in [6.07, 6.45) is 1.31. The summed E-state index contributed by atoms with van der Waals surface area (Å²) in [5.74, 6) is 4.14. The van der Waals surface area contributed by atoms with E-state index in [1.807, 2.05) is 0 Å². The predicted octanol–water partition coefficient (Wildman–Crippen LogP) is 1.24. The molecule has 0 bridgehead atoms. The van der Waals surface area contributed by atoms with Crippen molar-refractivity contribution in [1.82, 2.24) is 5.32 Å². The normalized spacial score (nSPS) is 13.0. The van der Waals surface area contributed by atoms with Crippen LogP contribution in [-0.4, -0.2) is 41.9 Å². The Bertz CT molecular complexity index is 990. The van der Waals surface area contributed by atoms with Crippen LogP contribution in [0, 0.1) is 0 Å². The average molecular weight is 426 g/mol. The van der Waals surface area contributed by atoms with Crippen LogP contribution in [0.15, 0.2) is 47.6 Å². The van der Waals surface area contributed by atoms with Gasteiger partial charge in [-0.1, -0.05) is 18.2 Å². The van der Waals surface area contributed by atoms with E-state index in [1.54, 1.807) is 42.5 Å². The molecule has 0 spiro atoms. The van der Waals surface area contributed by atoms with E-state index in [0.717, 1.165) is 5.56 Å². The number of nitrogens with one attached hydrogen (secondary N) is 2. The first kappa shape index (κ1) is 21.6. The van der Waals surface area contributed by atoms with Gasteiger partial charge in [0.25, 0.3) is 0 Å². The highest BCUT2D eigenvalue weighted by atomic mass is 16.7. The lowest BCUT2D eigenvalue weighted by atomic mass is 10.0. The molecular formula is C21H22N4O6. The van der Waals surface area contributed by atoms with Gasteiger partial charge in [0.1, 0.15) is 6.04 Å². The van der Waals surface area contributed by atoms with Crippen molar-refractivity contribution in [3.63, 3.8) is 0 Å². The zero-order chi connectivity index (χ0) is 22.2. The fourth-order valence-electron chi connectivity index (χ4n) is 2.96. The largest absolute Gasteiger partial charge is 0.480 e. The van der Waals surface area contributed by atoms with Gasteiger partial charge >= 0.3 is 5.97 Å². The molecule has 0 radical (unpaired) electrons. The molecule has 31 heavy (non-hydrogen) atoms. The third-order valence-electron chi connectivity index (χ3n) is 4.51. The summed E-state index contributed by atoms with van der Waals surface area (Å²) < 4.78 is 10.5. The average Bonchev–Trinajstić information content (AvgIpc) is 3.21. The van der Waals surface area contributed by atoms with E-state index in [9.17, 15) is 19.5 Å². The van der Waals surface area contributed by atoms with Gasteiger partial charge in [0, 0.05) is 24.9 Å². The summed E-state index contributed by atoms with van der Waals surface area (Å²) in [5, 5.41) is 18.0. The maximum absolute atomic E-state index is 12.2. The Kier molecular flexibility index (Phi) is 7.05. The summed E-state index contributed by atoms with van der Waals surface area (Å²) >= 11 is 0. The highest BCUT2D eigenvalue weighted by Crippen LogP contribution is 2.32. The first-order valence-corrected chi connectivity index (χ1v) is 9.48. The van der Waals surface area contributed by atoms with Crippen LogP contribution in [0.4, 0.5) is 5.69 Å². The Morgan fingerprint density at radius 1 is 1.06 bits per heavy atom. The van der Waals surface area contributed by atoms with Crippen molar-refractivity contribution in [1.29, 1.82) is 0 Å². The van der Waals surface area contributed by atoms with Gasteiger partial charge in [0.15, 0.2) is 11.5 Å². The molecule has 1 unspecified atom stereocenters. The number of hydrogen-bond donors (Lipinski definition) is 4. The number of benzene rings is 2. The van der Waals surface area contributed by atoms with Crippen LogP contribution in [0.25, 0.3) is 0 Å². The number of nitrogens with zero attached hydrogens (tertiary/aromatic N) is 1. The number of fused-ring (bicyclic) bond motifs is 1. The number of nitrogens with two attached hydrogens (primary N) is 1. The van der Waals surface area contributed by atoms with Crippen molar-refractivity contribution >= 4 is 29.7 Å². The minimum absolute atomic E-state index is 0.0718. The lowest BCUT2D eigenvalue weighted by Crippen LogP contribution is -2.42. The molecule has 162 valence electrons. The topological polar surface area (TPSA) is 152 Å². The molecule has 0 fully saturated rings. The van der Waals surface area contributed by atoms with Gasteiger partial charge in [0.05, 0.1) is 6.21 Å². The maximum Gasteiger partial charge on any atom is 0.326 e. The molecule has 0 saturated heterocycles. The second-order valence-corrected chi connectivity index (χ2v) is 6.80. The van der Waals surface area contributed by atoms with Gasteiger partial charge in [-0.15, -0.1) is 0 Å². The second kappa shape index (κ2) is 10.1. The van der Waals surface area contributed by atoms with E-state index >= 15 is 0 Å². The molecule has 2 aromatic carbocycles. The summed E-state index contributed by atoms with van der Waals surface area (Å²) in [7, 11) is 0. The zero-order valence-corrected chi connectivity index (χ0v) is 16.5. The lowest BCUT2D eigenvalue weighted by Gasteiger charge is -2.15. The van der Waals surface area contributed by atoms with Crippen molar-refractivity contribution in [3.8, 4) is 11.5 Å². The predicted molar refractivity (Wildman–Crippen MR) is 112 cm³/mol. The van der Waals surface area contributed by atoms with Crippen LogP contribution >= 0.6 is 0 Å². The van der Waals surface area contributed by atoms with Crippen LogP contribution in [0.5, 0.6) is 11.5 Å². The Balaban J connectivity index is 1.48. The number of rotatable bonds is 9. The fraction of sp³-hybridized carbons (Fsp3) is 0.238. The van der Waals surface area contributed by atoms with Crippen molar-refractivity contribution < 1.29 is 29.0 Å². The number of aliphatic carboxylic acids is 1. The third kappa shape index (κ3) is 6.20. The smallest absolute Gasteiger partial charge is 0.326 e. The number of amides is 2. The molecular weight excluding hydrogens is 404 g/mol. The standard InChI is InChI=1S/C21H22N4O6/c22-23-11-13-1-4-15(5-2-13)24-19(26)7-8-20(27)25-16(21(28)29)9-14-3-6-17-18(10-14)31-12-30-17/h1-6,10-11,16H,7-9,12,22H2,(H,24,26)(H,25,27)(H,28,29). The van der Waals surface area contributed by atoms with Gasteiger partial charge in [-0.25, -0.2) is 4.79 Å². The Labute approximate surface area is 178 Å². The van der Waals surface area contributed by atoms with Crippen LogP contribution < -0.4 is 25.9 Å². The minimum atomic E-state index is -1.17. The minimum Gasteiger partial charge on any atom is -0.480 e. The Morgan fingerprint density at radius 2 is 1.77 bits per heavy atom. The molecule has 0 aromatic heterocycles. The quantitative estimate of drug-likeness (QED) is 0.267. The number of ether oxygens (including phenoxy) is 2. The molecule has 1 heterocycles. The number of hydrazone groups is 1. The summed E-state index contributed by atoms with van der Waals surface area (Å²) in [6.45, 7) is 0.117. The molecule has 1 atom stereocenters. The molecule has 5 N–H and O–H groups in total. The SMILES string of the molecule is NN=Cc1ccc(NC(=O)CCC(=O)NC(Cc2ccc3c(c2)OCO3)C(=O)O)cc1. The second-order valence-electron chi connectivity index (χ2n) is 6.80. The lowest BCUT2D eigenvalue weighted by molar-refractivity contribution is -0.141. The van der Waals surface area contributed by atoms with Crippen molar-refractivity contribution in [2.24, 2.45) is 10.9 Å². The summed E-state index contributed by atoms with van der Waals surface area (Å²) in [4.78, 5) is 35.8. The molecule has 0 saturated carbocycles. The Hall–Kier alpha value is -4.08. The zero-order valence-electron chi connectivity index (χ0n) is 16.5. The molecule has 3 rings (SSSR count). The van der Waals surface area contributed by atoms with E-state index in [-0.39, 0.29) is 32.0 Å². The first-order chi connectivity index (χ1) is 14.9. The van der Waals surface area contributed by atoms with Crippen LogP contribution in [-0.2, 0) is 20.8 Å². The molecule has 10 heteroatoms. The Morgan fingerprint density at radius 3 is 2.48 bits per heavy atom. The summed E-state index contributed by atoms with van der Waals surface area (Å²) in [6, 6.07) is 10.8. The van der Waals surface area contributed by atoms with Crippen molar-refractivity contribution in [2.45, 2.75) is 25.3 Å². The van der Waals surface area contributed by atoms with Crippen molar-refractivity contribution in [3.05, 3.63) is 53.6 Å². The number of carboxylic acids is 1. The molecule has 1 aliphatic rings. The van der Waals surface area contributed by atoms with Gasteiger partial charge in [-0.3, -0.25) is 9.59 Å². The van der Waals surface area contributed by atoms with Crippen LogP contribution in [0.3, 0.4) is 0 Å². The molecule has 10 nitrogen and oxygen atoms in total. The number of carbonyl (C=O) groups excluding carboxylic acids is 2. The van der Waals surface area contributed by atoms with E-state index in [1.165, 1.54) is 6.21 Å². The molecule has 0 aliphatic carbocycles. The highest BCUT2D eigenvalue weighted by Gasteiger charge is 2.22. The van der Waals surface area contributed by atoms with E-state index < -0.39 is 17.9 Å². The van der Waals surface area contributed by atoms with E-state index in [2.05, 4.69) is 15.7 Å². The van der Waals surface area contributed by atoms with E-state index in [0.29, 0.717) is 22.7 Å². The van der Waals surface area contributed by atoms with Gasteiger partial charge in [0.2, 0.25) is 18.6 Å². The molecule has 2 amide bonds. The number of carboxylic acid groups (broad SMARTS) is 1. The highest BCUT2D eigenvalue weighted by molar-refractivity contribution is 5.94. The monoisotopic (exact) mass is 426 g/mol. The van der Waals surface area contributed by atoms with Crippen LogP contribution in [0.1, 0.15) is 24.0 Å². The fourth-order valence-corrected chi connectivity index (χ4v) is 2.96.